The van der Waals surface area contributed by atoms with Gasteiger partial charge in [0.2, 0.25) is 0 Å². The van der Waals surface area contributed by atoms with Crippen LogP contribution in [0.15, 0.2) is 0 Å². The molecule has 0 amide bonds. The van der Waals surface area contributed by atoms with Gasteiger partial charge in [-0.2, -0.15) is 0 Å². The number of ketones is 2. The zero-order chi connectivity index (χ0) is 7.15. The van der Waals surface area contributed by atoms with Gasteiger partial charge in [-0.1, -0.05) is 0 Å². The van der Waals surface area contributed by atoms with Crippen LogP contribution in [0.4, 0.5) is 0 Å². The molecular weight excluding hydrogens is 211 g/mol. The van der Waals surface area contributed by atoms with Crippen LogP contribution in [0, 0.1) is 0 Å². The topological polar surface area (TPSA) is 65.6 Å². The fourth-order valence-electron chi connectivity index (χ4n) is 0. The maximum Gasteiger partial charge on any atom is 0.126 e. The van der Waals surface area contributed by atoms with Crippen molar-refractivity contribution >= 4 is 11.6 Å². The average molecular weight is 225 g/mol. The van der Waals surface area contributed by atoms with Gasteiger partial charge in [0.1, 0.15) is 11.6 Å². The van der Waals surface area contributed by atoms with Crippen molar-refractivity contribution in [2.24, 2.45) is 0 Å². The van der Waals surface area contributed by atoms with E-state index in [4.69, 9.17) is 0 Å². The summed E-state index contributed by atoms with van der Waals surface area (Å²) < 4.78 is 0. The van der Waals surface area contributed by atoms with E-state index in [0.717, 1.165) is 0 Å². The molecule has 0 aliphatic rings. The zero-order valence-electron chi connectivity index (χ0n) is 6.82. The zero-order valence-corrected chi connectivity index (χ0v) is 9.27. The van der Waals surface area contributed by atoms with Crippen LogP contribution in [-0.2, 0) is 35.8 Å². The summed E-state index contributed by atoms with van der Waals surface area (Å²) in [5.41, 5.74) is 0. The first-order valence-corrected chi connectivity index (χ1v) is 2.41. The van der Waals surface area contributed by atoms with Crippen LogP contribution in [0.25, 0.3) is 0 Å². The molecule has 0 aromatic rings. The molecule has 0 aliphatic heterocycles. The Morgan fingerprint density at radius 2 is 0.800 bits per heavy atom. The number of carbonyl (C=O) groups excluding carboxylic acids is 2. The monoisotopic (exact) mass is 224 g/mol. The van der Waals surface area contributed by atoms with E-state index >= 15 is 0 Å². The van der Waals surface area contributed by atoms with Crippen molar-refractivity contribution in [1.29, 1.82) is 0 Å². The van der Waals surface area contributed by atoms with Gasteiger partial charge in [-0.05, 0) is 27.7 Å². The molecule has 10 heavy (non-hydrogen) atoms. The van der Waals surface area contributed by atoms with Crippen molar-refractivity contribution in [3.05, 3.63) is 0 Å². The number of hydrogen-bond acceptors (Lipinski definition) is 2. The van der Waals surface area contributed by atoms with Crippen molar-refractivity contribution < 1.29 is 41.3 Å². The van der Waals surface area contributed by atoms with Crippen LogP contribution >= 0.6 is 0 Å². The molecule has 0 spiro atoms. The Labute approximate surface area is 80.6 Å². The van der Waals surface area contributed by atoms with Gasteiger partial charge in [0.25, 0.3) is 0 Å². The van der Waals surface area contributed by atoms with Gasteiger partial charge in [0.05, 0.1) is 0 Å². The second kappa shape index (κ2) is 16.1. The Bertz CT molecular complexity index is 71.0. The van der Waals surface area contributed by atoms with Gasteiger partial charge < -0.3 is 15.1 Å². The second-order valence-corrected chi connectivity index (χ2v) is 1.82. The van der Waals surface area contributed by atoms with Crippen LogP contribution in [0.2, 0.25) is 0 Å². The maximum atomic E-state index is 9.44. The Morgan fingerprint density at radius 3 is 0.800 bits per heavy atom. The molecule has 0 atom stereocenters. The van der Waals surface area contributed by atoms with E-state index in [2.05, 4.69) is 0 Å². The summed E-state index contributed by atoms with van der Waals surface area (Å²) in [7, 11) is 0. The summed E-state index contributed by atoms with van der Waals surface area (Å²) in [5.74, 6) is 0.333. The summed E-state index contributed by atoms with van der Waals surface area (Å²) in [5, 5.41) is 0. The third-order valence-electron chi connectivity index (χ3n) is 0. The molecule has 0 radical (unpaired) electrons. The third-order valence-corrected chi connectivity index (χ3v) is 0. The predicted octanol–water partition coefficient (Wildman–Crippen LogP) is 0.363. The predicted molar refractivity (Wildman–Crippen MR) is 36.3 cm³/mol. The van der Waals surface area contributed by atoms with E-state index in [-0.39, 0.29) is 43.2 Å². The Balaban J connectivity index is -0.0000000300. The fourth-order valence-corrected chi connectivity index (χ4v) is 0. The van der Waals surface area contributed by atoms with Gasteiger partial charge in [0, 0.05) is 26.2 Å². The molecule has 0 aromatic heterocycles. The maximum absolute atomic E-state index is 9.44. The molecule has 2 N–H and O–H groups in total. The van der Waals surface area contributed by atoms with Crippen molar-refractivity contribution in [3.8, 4) is 0 Å². The molecule has 0 unspecified atom stereocenters. The normalized spacial score (nSPS) is 5.20. The smallest absolute Gasteiger partial charge is 0.126 e. The van der Waals surface area contributed by atoms with Crippen molar-refractivity contribution in [3.63, 3.8) is 0 Å². The van der Waals surface area contributed by atoms with Gasteiger partial charge >= 0.3 is 0 Å². The van der Waals surface area contributed by atoms with Gasteiger partial charge in [-0.15, -0.1) is 0 Å². The molecule has 0 bridgehead atoms. The van der Waals surface area contributed by atoms with E-state index in [0.29, 0.717) is 0 Å². The van der Waals surface area contributed by atoms with Crippen LogP contribution in [0.5, 0.6) is 0 Å². The summed E-state index contributed by atoms with van der Waals surface area (Å²) in [6, 6.07) is 0. The molecule has 0 saturated carbocycles. The minimum Gasteiger partial charge on any atom is -0.412 e. The molecule has 3 nitrogen and oxygen atoms in total. The van der Waals surface area contributed by atoms with Gasteiger partial charge in [-0.3, -0.25) is 0 Å². The Kier molecular flexibility index (Phi) is 36.1. The first-order valence-electron chi connectivity index (χ1n) is 2.41. The number of rotatable bonds is 0. The SMILES string of the molecule is CC(C)=O.CC(C)=O.O.[Zr]. The first-order chi connectivity index (χ1) is 3.46. The minimum atomic E-state index is 0. The standard InChI is InChI=1S/2C3H6O.H2O.Zr/c2*1-3(2)4;;/h2*1-2H3;1H2;. The molecule has 0 aliphatic carbocycles. The number of carbonyl (C=O) groups is 2. The molecule has 0 rings (SSSR count). The minimum absolute atomic E-state index is 0. The van der Waals surface area contributed by atoms with Crippen LogP contribution in [0.1, 0.15) is 27.7 Å². The molecule has 4 heteroatoms. The second-order valence-electron chi connectivity index (χ2n) is 1.82. The van der Waals surface area contributed by atoms with Crippen molar-refractivity contribution in [2.45, 2.75) is 27.7 Å². The van der Waals surface area contributed by atoms with E-state index in [1.54, 1.807) is 0 Å². The number of hydrogen-bond donors (Lipinski definition) is 0. The molecule has 0 saturated heterocycles. The van der Waals surface area contributed by atoms with Gasteiger partial charge in [-0.25, -0.2) is 0 Å². The largest absolute Gasteiger partial charge is 0.412 e. The molecule has 0 fully saturated rings. The number of Topliss-reactive ketones (excluding diaryl/α,β-unsaturated/α-hetero) is 2. The average Bonchev–Trinajstić information content (AvgIpc) is 1.25. The third kappa shape index (κ3) is 12600. The van der Waals surface area contributed by atoms with E-state index in [1.807, 2.05) is 0 Å². The molecular formula is C6H14O3Zr. The van der Waals surface area contributed by atoms with E-state index < -0.39 is 0 Å². The fraction of sp³-hybridized carbons (Fsp3) is 0.667. The Hall–Kier alpha value is 0.183. The molecule has 0 aromatic carbocycles. The Morgan fingerprint density at radius 1 is 0.800 bits per heavy atom. The summed E-state index contributed by atoms with van der Waals surface area (Å²) >= 11 is 0. The summed E-state index contributed by atoms with van der Waals surface area (Å²) in [6.07, 6.45) is 0. The van der Waals surface area contributed by atoms with Gasteiger partial charge in [0.15, 0.2) is 0 Å². The van der Waals surface area contributed by atoms with Crippen LogP contribution < -0.4 is 0 Å². The summed E-state index contributed by atoms with van der Waals surface area (Å²) in [4.78, 5) is 18.9. The molecule has 60 valence electrons. The van der Waals surface area contributed by atoms with Crippen molar-refractivity contribution in [2.75, 3.05) is 0 Å². The van der Waals surface area contributed by atoms with Crippen molar-refractivity contribution in [1.82, 2.24) is 0 Å². The quantitative estimate of drug-likeness (QED) is 0.597. The van der Waals surface area contributed by atoms with Crippen LogP contribution in [-0.4, -0.2) is 17.0 Å². The molecule has 0 heterocycles. The van der Waals surface area contributed by atoms with E-state index in [9.17, 15) is 9.59 Å². The van der Waals surface area contributed by atoms with E-state index in [1.165, 1.54) is 27.7 Å². The van der Waals surface area contributed by atoms with Crippen LogP contribution in [0.3, 0.4) is 0 Å². The first kappa shape index (κ1) is 22.5. The summed E-state index contributed by atoms with van der Waals surface area (Å²) in [6.45, 7) is 6.11.